The summed E-state index contributed by atoms with van der Waals surface area (Å²) in [5.41, 5.74) is 8.06. The quantitative estimate of drug-likeness (QED) is 0.867. The Morgan fingerprint density at radius 3 is 2.83 bits per heavy atom. The van der Waals surface area contributed by atoms with E-state index in [1.54, 1.807) is 10.8 Å². The third-order valence-electron chi connectivity index (χ3n) is 2.83. The van der Waals surface area contributed by atoms with Gasteiger partial charge in [-0.1, -0.05) is 29.6 Å². The molecule has 0 unspecified atom stereocenters. The van der Waals surface area contributed by atoms with Gasteiger partial charge in [-0.25, -0.2) is 0 Å². The smallest absolute Gasteiger partial charge is 0.307 e. The number of nitrogens with two attached hydrogens (primary N) is 1. The molecule has 2 N–H and O–H groups in total. The third-order valence-corrected chi connectivity index (χ3v) is 4.02. The predicted molar refractivity (Wildman–Crippen MR) is 77.3 cm³/mol. The van der Waals surface area contributed by atoms with Crippen LogP contribution in [0, 0.1) is 13.8 Å². The summed E-state index contributed by atoms with van der Waals surface area (Å²) in [4.78, 5) is 17.3. The fourth-order valence-electron chi connectivity index (χ4n) is 1.73. The molecular formula is C12H13N3OS2. The molecule has 0 fully saturated rings. The van der Waals surface area contributed by atoms with Crippen molar-refractivity contribution in [3.05, 3.63) is 49.8 Å². The topological polar surface area (TPSA) is 60.9 Å². The van der Waals surface area contributed by atoms with Gasteiger partial charge in [-0.15, -0.1) is 0 Å². The van der Waals surface area contributed by atoms with Crippen molar-refractivity contribution in [1.82, 2.24) is 9.55 Å². The molecule has 2 heterocycles. The molecule has 0 amide bonds. The predicted octanol–water partition coefficient (Wildman–Crippen LogP) is 1.60. The number of aromatic nitrogens is 2. The standard InChI is InChI=1S/C12H13N3OS2/c1-7-8(2)18-12(16)15(7)6-9-4-3-5-14-10(9)11(13)17/h3-5H,6H2,1-2H3,(H2,13,17). The maximum absolute atomic E-state index is 11.8. The van der Waals surface area contributed by atoms with Crippen LogP contribution in [-0.2, 0) is 6.54 Å². The first-order valence-electron chi connectivity index (χ1n) is 5.41. The highest BCUT2D eigenvalue weighted by Crippen LogP contribution is 2.13. The van der Waals surface area contributed by atoms with Crippen LogP contribution in [0.4, 0.5) is 0 Å². The molecule has 0 bridgehead atoms. The summed E-state index contributed by atoms with van der Waals surface area (Å²) in [5, 5.41) is 0. The average molecular weight is 279 g/mol. The number of hydrogen-bond acceptors (Lipinski definition) is 4. The van der Waals surface area contributed by atoms with Crippen molar-refractivity contribution in [2.75, 3.05) is 0 Å². The van der Waals surface area contributed by atoms with Gasteiger partial charge < -0.3 is 5.73 Å². The van der Waals surface area contributed by atoms with Gasteiger partial charge in [0, 0.05) is 22.3 Å². The van der Waals surface area contributed by atoms with Crippen LogP contribution in [-0.4, -0.2) is 14.5 Å². The molecule has 0 aliphatic heterocycles. The van der Waals surface area contributed by atoms with E-state index in [1.807, 2.05) is 26.0 Å². The number of hydrogen-bond donors (Lipinski definition) is 1. The normalized spacial score (nSPS) is 10.6. The highest BCUT2D eigenvalue weighted by Gasteiger charge is 2.11. The molecule has 18 heavy (non-hydrogen) atoms. The SMILES string of the molecule is Cc1sc(=O)n(Cc2cccnc2C(N)=S)c1C. The van der Waals surface area contributed by atoms with E-state index in [-0.39, 0.29) is 9.86 Å². The molecule has 0 saturated carbocycles. The van der Waals surface area contributed by atoms with E-state index in [2.05, 4.69) is 4.98 Å². The van der Waals surface area contributed by atoms with Gasteiger partial charge in [0.05, 0.1) is 6.54 Å². The fourth-order valence-corrected chi connectivity index (χ4v) is 2.74. The molecule has 0 aromatic carbocycles. The Balaban J connectivity index is 2.46. The lowest BCUT2D eigenvalue weighted by Crippen LogP contribution is -2.20. The molecule has 2 aromatic heterocycles. The second kappa shape index (κ2) is 4.99. The molecular weight excluding hydrogens is 266 g/mol. The number of aryl methyl sites for hydroxylation is 1. The molecule has 0 aliphatic rings. The molecule has 94 valence electrons. The van der Waals surface area contributed by atoms with Crippen molar-refractivity contribution >= 4 is 28.5 Å². The van der Waals surface area contributed by atoms with Gasteiger partial charge >= 0.3 is 4.87 Å². The number of rotatable bonds is 3. The van der Waals surface area contributed by atoms with Gasteiger partial charge in [0.2, 0.25) is 0 Å². The summed E-state index contributed by atoms with van der Waals surface area (Å²) in [6.07, 6.45) is 1.65. The van der Waals surface area contributed by atoms with Crippen molar-refractivity contribution in [3.63, 3.8) is 0 Å². The van der Waals surface area contributed by atoms with Gasteiger partial charge in [0.1, 0.15) is 10.7 Å². The molecule has 0 spiro atoms. The number of pyridine rings is 1. The van der Waals surface area contributed by atoms with Gasteiger partial charge in [-0.05, 0) is 19.9 Å². The van der Waals surface area contributed by atoms with Crippen molar-refractivity contribution in [2.45, 2.75) is 20.4 Å². The van der Waals surface area contributed by atoms with E-state index in [1.165, 1.54) is 11.3 Å². The summed E-state index contributed by atoms with van der Waals surface area (Å²) in [7, 11) is 0. The van der Waals surface area contributed by atoms with Gasteiger partial charge in [0.15, 0.2) is 0 Å². The molecule has 0 aliphatic carbocycles. The second-order valence-corrected chi connectivity index (χ2v) is 5.58. The lowest BCUT2D eigenvalue weighted by Gasteiger charge is -2.09. The van der Waals surface area contributed by atoms with E-state index in [9.17, 15) is 4.79 Å². The van der Waals surface area contributed by atoms with Crippen LogP contribution in [0.25, 0.3) is 0 Å². The van der Waals surface area contributed by atoms with Crippen molar-refractivity contribution < 1.29 is 0 Å². The van der Waals surface area contributed by atoms with Crippen LogP contribution >= 0.6 is 23.6 Å². The Morgan fingerprint density at radius 2 is 2.28 bits per heavy atom. The summed E-state index contributed by atoms with van der Waals surface area (Å²) in [5.74, 6) is 0. The van der Waals surface area contributed by atoms with Crippen molar-refractivity contribution in [2.24, 2.45) is 5.73 Å². The molecule has 0 saturated heterocycles. The van der Waals surface area contributed by atoms with E-state index >= 15 is 0 Å². The first-order valence-corrected chi connectivity index (χ1v) is 6.63. The number of thiocarbonyl (C=S) groups is 1. The van der Waals surface area contributed by atoms with Crippen molar-refractivity contribution in [1.29, 1.82) is 0 Å². The van der Waals surface area contributed by atoms with Crippen LogP contribution in [0.2, 0.25) is 0 Å². The Hall–Kier alpha value is -1.53. The van der Waals surface area contributed by atoms with Gasteiger partial charge in [-0.2, -0.15) is 0 Å². The van der Waals surface area contributed by atoms with Crippen LogP contribution in [0.15, 0.2) is 23.1 Å². The van der Waals surface area contributed by atoms with Crippen LogP contribution in [0.1, 0.15) is 21.8 Å². The Bertz CT molecular complexity index is 658. The zero-order valence-corrected chi connectivity index (χ0v) is 11.8. The number of nitrogens with zero attached hydrogens (tertiary/aromatic N) is 2. The summed E-state index contributed by atoms with van der Waals surface area (Å²) >= 11 is 6.22. The van der Waals surface area contributed by atoms with E-state index < -0.39 is 0 Å². The summed E-state index contributed by atoms with van der Waals surface area (Å²) in [6.45, 7) is 4.33. The van der Waals surface area contributed by atoms with E-state index in [4.69, 9.17) is 18.0 Å². The summed E-state index contributed by atoms with van der Waals surface area (Å²) < 4.78 is 1.72. The summed E-state index contributed by atoms with van der Waals surface area (Å²) in [6, 6.07) is 3.71. The number of thiazole rings is 1. The van der Waals surface area contributed by atoms with Gasteiger partial charge in [0.25, 0.3) is 0 Å². The van der Waals surface area contributed by atoms with Crippen LogP contribution in [0.3, 0.4) is 0 Å². The third kappa shape index (κ3) is 2.34. The van der Waals surface area contributed by atoms with E-state index in [0.717, 1.165) is 16.1 Å². The Labute approximate surface area is 114 Å². The molecule has 0 atom stereocenters. The maximum Gasteiger partial charge on any atom is 0.307 e. The maximum atomic E-state index is 11.8. The second-order valence-electron chi connectivity index (χ2n) is 3.97. The molecule has 2 aromatic rings. The first-order chi connectivity index (χ1) is 8.50. The molecule has 0 radical (unpaired) electrons. The highest BCUT2D eigenvalue weighted by molar-refractivity contribution is 7.80. The van der Waals surface area contributed by atoms with Crippen LogP contribution < -0.4 is 10.6 Å². The van der Waals surface area contributed by atoms with Crippen molar-refractivity contribution in [3.8, 4) is 0 Å². The zero-order valence-electron chi connectivity index (χ0n) is 10.1. The lowest BCUT2D eigenvalue weighted by molar-refractivity contribution is 0.747. The van der Waals surface area contributed by atoms with Gasteiger partial charge in [-0.3, -0.25) is 14.3 Å². The highest BCUT2D eigenvalue weighted by atomic mass is 32.1. The zero-order chi connectivity index (χ0) is 13.3. The largest absolute Gasteiger partial charge is 0.388 e. The molecule has 2 rings (SSSR count). The monoisotopic (exact) mass is 279 g/mol. The minimum absolute atomic E-state index is 0.0303. The minimum Gasteiger partial charge on any atom is -0.388 e. The average Bonchev–Trinajstić information content (AvgIpc) is 2.56. The molecule has 4 nitrogen and oxygen atoms in total. The molecule has 6 heteroatoms. The van der Waals surface area contributed by atoms with E-state index in [0.29, 0.717) is 12.2 Å². The lowest BCUT2D eigenvalue weighted by atomic mass is 10.2. The fraction of sp³-hybridized carbons (Fsp3) is 0.250. The Morgan fingerprint density at radius 1 is 1.56 bits per heavy atom. The minimum atomic E-state index is 0.0303. The Kier molecular flexibility index (Phi) is 3.58. The van der Waals surface area contributed by atoms with Crippen LogP contribution in [0.5, 0.6) is 0 Å². The first kappa shape index (κ1) is 12.9.